The predicted octanol–water partition coefficient (Wildman–Crippen LogP) is 3.45. The van der Waals surface area contributed by atoms with E-state index in [0.29, 0.717) is 12.5 Å². The molecule has 0 aliphatic carbocycles. The first-order valence-corrected chi connectivity index (χ1v) is 5.77. The van der Waals surface area contributed by atoms with Crippen LogP contribution >= 0.6 is 11.3 Å². The fraction of sp³-hybridized carbons (Fsp3) is 0.700. The number of thiazole rings is 1. The Hall–Kier alpha value is -0.570. The molecule has 0 saturated heterocycles. The van der Waals surface area contributed by atoms with E-state index in [1.54, 1.807) is 11.3 Å². The first-order chi connectivity index (χ1) is 6.31. The summed E-state index contributed by atoms with van der Waals surface area (Å²) in [6.07, 6.45) is 2.32. The van der Waals surface area contributed by atoms with E-state index in [2.05, 4.69) is 24.2 Å². The first-order valence-electron chi connectivity index (χ1n) is 4.90. The summed E-state index contributed by atoms with van der Waals surface area (Å²) in [5.41, 5.74) is 1.19. The number of hydrogen-bond donors (Lipinski definition) is 0. The van der Waals surface area contributed by atoms with E-state index in [1.165, 1.54) is 5.69 Å². The minimum atomic E-state index is 0.602. The van der Waals surface area contributed by atoms with Crippen molar-refractivity contribution in [2.24, 2.45) is 0 Å². The molecule has 13 heavy (non-hydrogen) atoms. The summed E-state index contributed by atoms with van der Waals surface area (Å²) in [6, 6.07) is 0. The molecule has 1 heterocycles. The largest absolute Gasteiger partial charge is 0.470 e. The minimum absolute atomic E-state index is 0.602. The molecule has 1 aromatic rings. The SMILES string of the molecule is CCOc1nc(C(CC)CC)cs1. The Kier molecular flexibility index (Phi) is 4.22. The van der Waals surface area contributed by atoms with Gasteiger partial charge in [0.05, 0.1) is 12.3 Å². The van der Waals surface area contributed by atoms with E-state index in [0.717, 1.165) is 18.0 Å². The molecule has 74 valence electrons. The minimum Gasteiger partial charge on any atom is -0.470 e. The van der Waals surface area contributed by atoms with Gasteiger partial charge in [0, 0.05) is 11.3 Å². The molecule has 0 amide bonds. The quantitative estimate of drug-likeness (QED) is 0.724. The third kappa shape index (κ3) is 2.69. The van der Waals surface area contributed by atoms with Crippen molar-refractivity contribution in [1.82, 2.24) is 4.98 Å². The molecule has 0 atom stereocenters. The molecule has 0 radical (unpaired) electrons. The lowest BCUT2D eigenvalue weighted by Crippen LogP contribution is -1.96. The molecule has 1 rings (SSSR count). The lowest BCUT2D eigenvalue weighted by molar-refractivity contribution is 0.336. The van der Waals surface area contributed by atoms with E-state index in [4.69, 9.17) is 4.74 Å². The van der Waals surface area contributed by atoms with Crippen LogP contribution in [0.2, 0.25) is 0 Å². The Morgan fingerprint density at radius 1 is 1.38 bits per heavy atom. The molecule has 0 N–H and O–H groups in total. The molecule has 0 fully saturated rings. The fourth-order valence-electron chi connectivity index (χ4n) is 1.35. The van der Waals surface area contributed by atoms with Crippen LogP contribution in [0, 0.1) is 0 Å². The lowest BCUT2D eigenvalue weighted by Gasteiger charge is -2.07. The van der Waals surface area contributed by atoms with E-state index in [-0.39, 0.29) is 0 Å². The summed E-state index contributed by atoms with van der Waals surface area (Å²) in [6.45, 7) is 7.09. The molecule has 0 aliphatic rings. The second-order valence-corrected chi connectivity index (χ2v) is 3.81. The zero-order valence-electron chi connectivity index (χ0n) is 8.54. The van der Waals surface area contributed by atoms with Gasteiger partial charge in [0.1, 0.15) is 0 Å². The molecular weight excluding hydrogens is 182 g/mol. The number of hydrogen-bond acceptors (Lipinski definition) is 3. The van der Waals surface area contributed by atoms with Gasteiger partial charge in [0.25, 0.3) is 5.19 Å². The van der Waals surface area contributed by atoms with Gasteiger partial charge in [-0.05, 0) is 19.8 Å². The van der Waals surface area contributed by atoms with E-state index in [9.17, 15) is 0 Å². The molecule has 0 saturated carbocycles. The Morgan fingerprint density at radius 3 is 2.62 bits per heavy atom. The zero-order chi connectivity index (χ0) is 9.68. The summed E-state index contributed by atoms with van der Waals surface area (Å²) in [5, 5.41) is 2.92. The van der Waals surface area contributed by atoms with Crippen molar-refractivity contribution in [2.75, 3.05) is 6.61 Å². The van der Waals surface area contributed by atoms with Gasteiger partial charge in [0.2, 0.25) is 0 Å². The maximum Gasteiger partial charge on any atom is 0.273 e. The van der Waals surface area contributed by atoms with Gasteiger partial charge in [-0.25, -0.2) is 4.98 Å². The third-order valence-corrected chi connectivity index (χ3v) is 2.94. The fourth-order valence-corrected chi connectivity index (χ4v) is 2.16. The van der Waals surface area contributed by atoms with Crippen LogP contribution < -0.4 is 4.74 Å². The molecule has 2 nitrogen and oxygen atoms in total. The summed E-state index contributed by atoms with van der Waals surface area (Å²) in [7, 11) is 0. The average Bonchev–Trinajstić information content (AvgIpc) is 2.56. The molecule has 0 aliphatic heterocycles. The van der Waals surface area contributed by atoms with Gasteiger partial charge >= 0.3 is 0 Å². The van der Waals surface area contributed by atoms with Crippen LogP contribution in [-0.4, -0.2) is 11.6 Å². The van der Waals surface area contributed by atoms with Gasteiger partial charge in [-0.3, -0.25) is 0 Å². The molecule has 0 bridgehead atoms. The summed E-state index contributed by atoms with van der Waals surface area (Å²) in [4.78, 5) is 4.44. The van der Waals surface area contributed by atoms with Gasteiger partial charge in [-0.1, -0.05) is 25.2 Å². The maximum atomic E-state index is 5.33. The number of aromatic nitrogens is 1. The maximum absolute atomic E-state index is 5.33. The molecular formula is C10H17NOS. The van der Waals surface area contributed by atoms with Crippen molar-refractivity contribution >= 4 is 11.3 Å². The zero-order valence-corrected chi connectivity index (χ0v) is 9.36. The van der Waals surface area contributed by atoms with Crippen LogP contribution in [0.3, 0.4) is 0 Å². The topological polar surface area (TPSA) is 22.1 Å². The van der Waals surface area contributed by atoms with Crippen molar-refractivity contribution in [2.45, 2.75) is 39.5 Å². The van der Waals surface area contributed by atoms with Crippen LogP contribution in [0.1, 0.15) is 45.2 Å². The van der Waals surface area contributed by atoms with Crippen molar-refractivity contribution in [3.8, 4) is 5.19 Å². The van der Waals surface area contributed by atoms with Crippen LogP contribution in [-0.2, 0) is 0 Å². The Balaban J connectivity index is 2.66. The normalized spacial score (nSPS) is 10.8. The van der Waals surface area contributed by atoms with Gasteiger partial charge in [0.15, 0.2) is 0 Å². The summed E-state index contributed by atoms with van der Waals surface area (Å²) >= 11 is 1.60. The van der Waals surface area contributed by atoms with Crippen molar-refractivity contribution in [1.29, 1.82) is 0 Å². The molecule has 0 spiro atoms. The summed E-state index contributed by atoms with van der Waals surface area (Å²) in [5.74, 6) is 0.602. The standard InChI is InChI=1S/C10H17NOS/c1-4-8(5-2)9-7-13-10(11-9)12-6-3/h7-8H,4-6H2,1-3H3. The molecule has 0 unspecified atom stereocenters. The second-order valence-electron chi connectivity index (χ2n) is 2.98. The first kappa shape index (κ1) is 10.5. The molecule has 3 heteroatoms. The van der Waals surface area contributed by atoms with Crippen molar-refractivity contribution in [3.63, 3.8) is 0 Å². The molecule has 0 aromatic carbocycles. The predicted molar refractivity (Wildman–Crippen MR) is 56.6 cm³/mol. The molecule has 1 aromatic heterocycles. The highest BCUT2D eigenvalue weighted by Crippen LogP contribution is 2.27. The van der Waals surface area contributed by atoms with E-state index >= 15 is 0 Å². The lowest BCUT2D eigenvalue weighted by atomic mass is 10.0. The highest BCUT2D eigenvalue weighted by molar-refractivity contribution is 7.11. The average molecular weight is 199 g/mol. The Bertz CT molecular complexity index is 243. The second kappa shape index (κ2) is 5.22. The number of nitrogens with zero attached hydrogens (tertiary/aromatic N) is 1. The van der Waals surface area contributed by atoms with Crippen molar-refractivity contribution < 1.29 is 4.74 Å². The highest BCUT2D eigenvalue weighted by atomic mass is 32.1. The van der Waals surface area contributed by atoms with Gasteiger partial charge < -0.3 is 4.74 Å². The smallest absolute Gasteiger partial charge is 0.273 e. The van der Waals surface area contributed by atoms with E-state index in [1.807, 2.05) is 6.92 Å². The highest BCUT2D eigenvalue weighted by Gasteiger charge is 2.11. The van der Waals surface area contributed by atoms with Crippen LogP contribution in [0.25, 0.3) is 0 Å². The van der Waals surface area contributed by atoms with Crippen LogP contribution in [0.5, 0.6) is 5.19 Å². The van der Waals surface area contributed by atoms with Crippen LogP contribution in [0.15, 0.2) is 5.38 Å². The number of rotatable bonds is 5. The van der Waals surface area contributed by atoms with Crippen LogP contribution in [0.4, 0.5) is 0 Å². The van der Waals surface area contributed by atoms with Gasteiger partial charge in [-0.2, -0.15) is 0 Å². The third-order valence-electron chi connectivity index (χ3n) is 2.17. The Morgan fingerprint density at radius 2 is 2.08 bits per heavy atom. The number of ether oxygens (including phenoxy) is 1. The van der Waals surface area contributed by atoms with Gasteiger partial charge in [-0.15, -0.1) is 0 Å². The Labute approximate surface area is 84.0 Å². The van der Waals surface area contributed by atoms with E-state index < -0.39 is 0 Å². The monoisotopic (exact) mass is 199 g/mol. The summed E-state index contributed by atoms with van der Waals surface area (Å²) < 4.78 is 5.33. The van der Waals surface area contributed by atoms with Crippen molar-refractivity contribution in [3.05, 3.63) is 11.1 Å².